The second kappa shape index (κ2) is 5.37. The van der Waals surface area contributed by atoms with Crippen LogP contribution in [0.1, 0.15) is 12.5 Å². The highest BCUT2D eigenvalue weighted by molar-refractivity contribution is 7.19. The van der Waals surface area contributed by atoms with Gasteiger partial charge < -0.3 is 0 Å². The fraction of sp³-hybridized carbons (Fsp3) is 0.333. The molecule has 1 unspecified atom stereocenters. The summed E-state index contributed by atoms with van der Waals surface area (Å²) in [7, 11) is -1.45. The normalized spacial score (nSPS) is 15.6. The molecule has 1 rings (SSSR count). The highest BCUT2D eigenvalue weighted by atomic mass is 35.6. The molecule has 1 aromatic rings. The van der Waals surface area contributed by atoms with Gasteiger partial charge in [-0.15, -0.1) is 0 Å². The largest absolute Gasteiger partial charge is 0.167 e. The van der Waals surface area contributed by atoms with Gasteiger partial charge >= 0.3 is 0 Å². The van der Waals surface area contributed by atoms with E-state index in [0.717, 1.165) is 12.1 Å². The lowest BCUT2D eigenvalue weighted by molar-refractivity contribution is 1.36. The minimum atomic E-state index is -1.45. The molecule has 0 spiro atoms. The van der Waals surface area contributed by atoms with Crippen LogP contribution in [0.15, 0.2) is 36.4 Å². The molecule has 0 saturated heterocycles. The molecular formula is C12H17ClSi. The van der Waals surface area contributed by atoms with Crippen LogP contribution in [0.5, 0.6) is 0 Å². The van der Waals surface area contributed by atoms with E-state index in [1.165, 1.54) is 5.56 Å². The maximum absolute atomic E-state index is 6.37. The Hall–Kier alpha value is -0.533. The number of benzene rings is 1. The predicted octanol–water partition coefficient (Wildman–Crippen LogP) is 4.53. The molecule has 1 aromatic carbocycles. The molecule has 0 N–H and O–H groups in total. The van der Waals surface area contributed by atoms with Gasteiger partial charge in [0.15, 0.2) is 7.38 Å². The molecule has 0 aliphatic rings. The zero-order chi connectivity index (χ0) is 10.4. The van der Waals surface area contributed by atoms with Crippen LogP contribution < -0.4 is 0 Å². The van der Waals surface area contributed by atoms with Crippen molar-refractivity contribution in [3.8, 4) is 0 Å². The van der Waals surface area contributed by atoms with Gasteiger partial charge in [-0.05, 0) is 17.7 Å². The standard InChI is InChI=1S/C12H17ClSi/c1-3-14(2,13)11-7-10-12-8-5-4-6-9-12/h4-10H,3,11H2,1-2H3/b10-7+. The average molecular weight is 225 g/mol. The van der Waals surface area contributed by atoms with E-state index in [4.69, 9.17) is 11.1 Å². The number of hydrogen-bond acceptors (Lipinski definition) is 0. The molecule has 0 saturated carbocycles. The van der Waals surface area contributed by atoms with Crippen molar-refractivity contribution in [1.82, 2.24) is 0 Å². The third-order valence-corrected chi connectivity index (χ3v) is 6.22. The van der Waals surface area contributed by atoms with E-state index in [0.29, 0.717) is 0 Å². The first-order valence-corrected chi connectivity index (χ1v) is 8.97. The van der Waals surface area contributed by atoms with Crippen molar-refractivity contribution in [2.24, 2.45) is 0 Å². The molecule has 0 bridgehead atoms. The van der Waals surface area contributed by atoms with Crippen molar-refractivity contribution in [1.29, 1.82) is 0 Å². The van der Waals surface area contributed by atoms with Gasteiger partial charge in [-0.1, -0.05) is 56.0 Å². The van der Waals surface area contributed by atoms with Gasteiger partial charge in [0, 0.05) is 0 Å². The van der Waals surface area contributed by atoms with Gasteiger partial charge in [-0.25, -0.2) is 0 Å². The van der Waals surface area contributed by atoms with Crippen LogP contribution in [0.3, 0.4) is 0 Å². The maximum Gasteiger partial charge on any atom is 0.156 e. The Labute approximate surface area is 92.3 Å². The second-order valence-corrected chi connectivity index (χ2v) is 10.5. The Morgan fingerprint density at radius 2 is 1.93 bits per heavy atom. The monoisotopic (exact) mass is 224 g/mol. The van der Waals surface area contributed by atoms with Gasteiger partial charge in [0.05, 0.1) is 0 Å². The van der Waals surface area contributed by atoms with Crippen LogP contribution in [0.2, 0.25) is 18.6 Å². The number of allylic oxidation sites excluding steroid dienone is 1. The summed E-state index contributed by atoms with van der Waals surface area (Å²) in [5.41, 5.74) is 1.25. The van der Waals surface area contributed by atoms with Crippen LogP contribution in [0, 0.1) is 0 Å². The lowest BCUT2D eigenvalue weighted by atomic mass is 10.2. The fourth-order valence-electron chi connectivity index (χ4n) is 1.15. The molecule has 0 nitrogen and oxygen atoms in total. The number of rotatable bonds is 4. The summed E-state index contributed by atoms with van der Waals surface area (Å²) in [6.07, 6.45) is 4.36. The first-order chi connectivity index (χ1) is 6.64. The van der Waals surface area contributed by atoms with Gasteiger partial charge in [-0.2, -0.15) is 11.1 Å². The van der Waals surface area contributed by atoms with Gasteiger partial charge in [0.1, 0.15) is 0 Å². The van der Waals surface area contributed by atoms with Crippen molar-refractivity contribution in [2.75, 3.05) is 0 Å². The summed E-state index contributed by atoms with van der Waals surface area (Å²) in [6, 6.07) is 12.5. The van der Waals surface area contributed by atoms with E-state index in [1.807, 2.05) is 6.07 Å². The van der Waals surface area contributed by atoms with Crippen LogP contribution in [-0.2, 0) is 0 Å². The minimum Gasteiger partial charge on any atom is -0.167 e. The van der Waals surface area contributed by atoms with E-state index in [-0.39, 0.29) is 0 Å². The molecule has 0 fully saturated rings. The van der Waals surface area contributed by atoms with Crippen molar-refractivity contribution < 1.29 is 0 Å². The smallest absolute Gasteiger partial charge is 0.156 e. The van der Waals surface area contributed by atoms with Crippen molar-refractivity contribution in [3.63, 3.8) is 0 Å². The molecule has 1 atom stereocenters. The van der Waals surface area contributed by atoms with E-state index >= 15 is 0 Å². The fourth-order valence-corrected chi connectivity index (χ4v) is 2.31. The summed E-state index contributed by atoms with van der Waals surface area (Å²) in [5, 5.41) is 0. The highest BCUT2D eigenvalue weighted by Crippen LogP contribution is 2.20. The van der Waals surface area contributed by atoms with Crippen LogP contribution >= 0.6 is 11.1 Å². The molecule has 0 aliphatic carbocycles. The topological polar surface area (TPSA) is 0 Å². The third-order valence-electron chi connectivity index (χ3n) is 2.39. The van der Waals surface area contributed by atoms with E-state index in [1.54, 1.807) is 0 Å². The Kier molecular flexibility index (Phi) is 4.43. The quantitative estimate of drug-likeness (QED) is 0.521. The lowest BCUT2D eigenvalue weighted by Crippen LogP contribution is -2.18. The number of halogens is 1. The summed E-state index contributed by atoms with van der Waals surface area (Å²) >= 11 is 6.37. The minimum absolute atomic E-state index is 1.06. The molecular weight excluding hydrogens is 208 g/mol. The summed E-state index contributed by atoms with van der Waals surface area (Å²) in [6.45, 7) is 4.39. The maximum atomic E-state index is 6.37. The van der Waals surface area contributed by atoms with Crippen molar-refractivity contribution in [3.05, 3.63) is 42.0 Å². The lowest BCUT2D eigenvalue weighted by Gasteiger charge is -2.13. The van der Waals surface area contributed by atoms with Gasteiger partial charge in [0.25, 0.3) is 0 Å². The highest BCUT2D eigenvalue weighted by Gasteiger charge is 2.19. The third kappa shape index (κ3) is 4.12. The Balaban J connectivity index is 2.50. The summed E-state index contributed by atoms with van der Waals surface area (Å²) < 4.78 is 0. The zero-order valence-electron chi connectivity index (χ0n) is 8.83. The Morgan fingerprint density at radius 3 is 2.50 bits per heavy atom. The Bertz CT molecular complexity index is 290. The van der Waals surface area contributed by atoms with E-state index < -0.39 is 7.38 Å². The van der Waals surface area contributed by atoms with Crippen LogP contribution in [-0.4, -0.2) is 7.38 Å². The number of hydrogen-bond donors (Lipinski definition) is 0. The van der Waals surface area contributed by atoms with Crippen molar-refractivity contribution in [2.45, 2.75) is 25.6 Å². The zero-order valence-corrected chi connectivity index (χ0v) is 10.6. The summed E-state index contributed by atoms with van der Waals surface area (Å²) in [5.74, 6) is 0. The molecule has 76 valence electrons. The molecule has 2 heteroatoms. The first kappa shape index (κ1) is 11.5. The second-order valence-electron chi connectivity index (χ2n) is 3.78. The molecule has 14 heavy (non-hydrogen) atoms. The SMILES string of the molecule is CC[Si](C)(Cl)C/C=C/c1ccccc1. The molecule has 0 aliphatic heterocycles. The van der Waals surface area contributed by atoms with Crippen LogP contribution in [0.25, 0.3) is 6.08 Å². The summed E-state index contributed by atoms with van der Waals surface area (Å²) in [4.78, 5) is 0. The van der Waals surface area contributed by atoms with Crippen molar-refractivity contribution >= 4 is 24.5 Å². The molecule has 0 heterocycles. The van der Waals surface area contributed by atoms with E-state index in [9.17, 15) is 0 Å². The van der Waals surface area contributed by atoms with E-state index in [2.05, 4.69) is 49.9 Å². The van der Waals surface area contributed by atoms with Crippen LogP contribution in [0.4, 0.5) is 0 Å². The average Bonchev–Trinajstić information content (AvgIpc) is 2.19. The van der Waals surface area contributed by atoms with Gasteiger partial charge in [0.2, 0.25) is 0 Å². The molecule has 0 aromatic heterocycles. The first-order valence-electron chi connectivity index (χ1n) is 5.04. The molecule has 0 radical (unpaired) electrons. The Morgan fingerprint density at radius 1 is 1.29 bits per heavy atom. The molecule has 0 amide bonds. The predicted molar refractivity (Wildman–Crippen MR) is 68.2 cm³/mol. The van der Waals surface area contributed by atoms with Gasteiger partial charge in [-0.3, -0.25) is 0 Å².